The van der Waals surface area contributed by atoms with Gasteiger partial charge in [-0.25, -0.2) is 14.6 Å². The lowest BCUT2D eigenvalue weighted by molar-refractivity contribution is -0.143. The Morgan fingerprint density at radius 1 is 0.889 bits per heavy atom. The first-order valence-electron chi connectivity index (χ1n) is 10.0. The Kier molecular flexibility index (Phi) is 6.97. The van der Waals surface area contributed by atoms with Crippen molar-refractivity contribution >= 4 is 23.4 Å². The number of halogens is 6. The Labute approximate surface area is 203 Å². The molecule has 1 N–H and O–H groups in total. The third kappa shape index (κ3) is 5.82. The average molecular weight is 524 g/mol. The van der Waals surface area contributed by atoms with Crippen LogP contribution in [-0.4, -0.2) is 30.9 Å². The van der Waals surface area contributed by atoms with Crippen molar-refractivity contribution in [2.45, 2.75) is 23.3 Å². The number of anilines is 1. The summed E-state index contributed by atoms with van der Waals surface area (Å²) in [6, 6.07) is 11.0. The Bertz CT molecular complexity index is 1330. The van der Waals surface area contributed by atoms with Crippen LogP contribution in [0.5, 0.6) is 0 Å². The maximum absolute atomic E-state index is 13.2. The molecule has 7 nitrogen and oxygen atoms in total. The highest BCUT2D eigenvalue weighted by molar-refractivity contribution is 7.98. The van der Waals surface area contributed by atoms with Crippen LogP contribution in [0.1, 0.15) is 27.3 Å². The summed E-state index contributed by atoms with van der Waals surface area (Å²) in [6.07, 6.45) is -7.09. The number of para-hydroxylation sites is 1. The third-order valence-electron chi connectivity index (χ3n) is 4.70. The van der Waals surface area contributed by atoms with Crippen LogP contribution in [0.3, 0.4) is 0 Å². The lowest BCUT2D eigenvalue weighted by Crippen LogP contribution is -2.17. The Morgan fingerprint density at radius 3 is 2.08 bits per heavy atom. The quantitative estimate of drug-likeness (QED) is 0.200. The monoisotopic (exact) mass is 524 g/mol. The standard InChI is InChI=1S/C22H14F6N6OS/c23-21(24,25)13-9-14(22(26,27)28)11-15(10-13)31-19(35)18-17(12-36-20-29-7-4-8-30-20)34(33-32-18)16-5-2-1-3-6-16/h1-11H,12H2,(H,31,35). The van der Waals surface area contributed by atoms with Gasteiger partial charge in [0.2, 0.25) is 0 Å². The maximum Gasteiger partial charge on any atom is 0.416 e. The molecule has 14 heteroatoms. The van der Waals surface area contributed by atoms with Crippen LogP contribution in [0.4, 0.5) is 32.0 Å². The summed E-state index contributed by atoms with van der Waals surface area (Å²) in [4.78, 5) is 21.1. The van der Waals surface area contributed by atoms with Gasteiger partial charge in [-0.2, -0.15) is 26.3 Å². The normalized spacial score (nSPS) is 11.9. The number of carbonyl (C=O) groups excluding carboxylic acids is 1. The van der Waals surface area contributed by atoms with Gasteiger partial charge in [0.25, 0.3) is 5.91 Å². The zero-order chi connectivity index (χ0) is 25.9. The van der Waals surface area contributed by atoms with Crippen LogP contribution in [-0.2, 0) is 18.1 Å². The molecule has 0 atom stereocenters. The number of aromatic nitrogens is 5. The van der Waals surface area contributed by atoms with E-state index in [4.69, 9.17) is 0 Å². The highest BCUT2D eigenvalue weighted by atomic mass is 32.2. The largest absolute Gasteiger partial charge is 0.416 e. The predicted molar refractivity (Wildman–Crippen MR) is 117 cm³/mol. The van der Waals surface area contributed by atoms with Gasteiger partial charge in [0.1, 0.15) is 0 Å². The fourth-order valence-electron chi connectivity index (χ4n) is 3.09. The van der Waals surface area contributed by atoms with Crippen molar-refractivity contribution in [2.24, 2.45) is 0 Å². The molecule has 2 aromatic carbocycles. The number of hydrogen-bond acceptors (Lipinski definition) is 6. The molecule has 0 unspecified atom stereocenters. The van der Waals surface area contributed by atoms with Gasteiger partial charge in [0, 0.05) is 23.8 Å². The van der Waals surface area contributed by atoms with Gasteiger partial charge in [-0.3, -0.25) is 4.79 Å². The molecule has 4 rings (SSSR count). The molecule has 0 aliphatic carbocycles. The zero-order valence-electron chi connectivity index (χ0n) is 17.9. The molecule has 0 saturated heterocycles. The first kappa shape index (κ1) is 25.2. The number of rotatable bonds is 6. The van der Waals surface area contributed by atoms with Crippen molar-refractivity contribution in [3.63, 3.8) is 0 Å². The van der Waals surface area contributed by atoms with E-state index in [1.54, 1.807) is 36.4 Å². The van der Waals surface area contributed by atoms with E-state index in [2.05, 4.69) is 25.6 Å². The molecule has 0 bridgehead atoms. The molecule has 0 fully saturated rings. The first-order chi connectivity index (χ1) is 17.0. The molecule has 0 saturated carbocycles. The van der Waals surface area contributed by atoms with Gasteiger partial charge in [-0.15, -0.1) is 5.10 Å². The fourth-order valence-corrected chi connectivity index (χ4v) is 3.89. The van der Waals surface area contributed by atoms with Crippen molar-refractivity contribution in [2.75, 3.05) is 5.32 Å². The lowest BCUT2D eigenvalue weighted by atomic mass is 10.1. The van der Waals surface area contributed by atoms with Crippen LogP contribution in [0.2, 0.25) is 0 Å². The zero-order valence-corrected chi connectivity index (χ0v) is 18.7. The van der Waals surface area contributed by atoms with E-state index in [0.29, 0.717) is 23.0 Å². The minimum Gasteiger partial charge on any atom is -0.321 e. The van der Waals surface area contributed by atoms with Gasteiger partial charge in [0.15, 0.2) is 10.9 Å². The second kappa shape index (κ2) is 9.97. The van der Waals surface area contributed by atoms with Crippen molar-refractivity contribution in [3.8, 4) is 5.69 Å². The van der Waals surface area contributed by atoms with Crippen LogP contribution < -0.4 is 5.32 Å². The van der Waals surface area contributed by atoms with E-state index in [1.807, 2.05) is 0 Å². The molecule has 186 valence electrons. The highest BCUT2D eigenvalue weighted by Gasteiger charge is 2.37. The summed E-state index contributed by atoms with van der Waals surface area (Å²) in [7, 11) is 0. The van der Waals surface area contributed by atoms with Crippen molar-refractivity contribution in [3.05, 3.63) is 89.5 Å². The summed E-state index contributed by atoms with van der Waals surface area (Å²) in [5, 5.41) is 10.3. The molecule has 2 heterocycles. The lowest BCUT2D eigenvalue weighted by Gasteiger charge is -2.14. The molecule has 36 heavy (non-hydrogen) atoms. The van der Waals surface area contributed by atoms with Gasteiger partial charge in [-0.1, -0.05) is 35.2 Å². The maximum atomic E-state index is 13.2. The topological polar surface area (TPSA) is 85.6 Å². The van der Waals surface area contributed by atoms with E-state index in [-0.39, 0.29) is 23.2 Å². The Morgan fingerprint density at radius 2 is 1.50 bits per heavy atom. The SMILES string of the molecule is O=C(Nc1cc(C(F)(F)F)cc(C(F)(F)F)c1)c1nnn(-c2ccccc2)c1CSc1ncccn1. The molecule has 0 spiro atoms. The van der Waals surface area contributed by atoms with Crippen molar-refractivity contribution in [1.29, 1.82) is 0 Å². The number of amides is 1. The van der Waals surface area contributed by atoms with Gasteiger partial charge in [0.05, 0.1) is 22.5 Å². The van der Waals surface area contributed by atoms with E-state index < -0.39 is 35.1 Å². The van der Waals surface area contributed by atoms with Gasteiger partial charge < -0.3 is 5.32 Å². The van der Waals surface area contributed by atoms with Crippen LogP contribution in [0.25, 0.3) is 5.69 Å². The van der Waals surface area contributed by atoms with E-state index in [0.717, 1.165) is 11.8 Å². The van der Waals surface area contributed by atoms with E-state index in [1.165, 1.54) is 17.1 Å². The number of thioether (sulfide) groups is 1. The number of hydrogen-bond donors (Lipinski definition) is 1. The van der Waals surface area contributed by atoms with Gasteiger partial charge >= 0.3 is 12.4 Å². The fraction of sp³-hybridized carbons (Fsp3) is 0.136. The van der Waals surface area contributed by atoms with Gasteiger partial charge in [-0.05, 0) is 36.4 Å². The van der Waals surface area contributed by atoms with E-state index in [9.17, 15) is 31.1 Å². The summed E-state index contributed by atoms with van der Waals surface area (Å²) in [5.41, 5.74) is -3.32. The smallest absolute Gasteiger partial charge is 0.321 e. The molecular weight excluding hydrogens is 510 g/mol. The molecule has 2 aromatic heterocycles. The number of alkyl halides is 6. The minimum atomic E-state index is -5.06. The predicted octanol–water partition coefficient (Wildman–Crippen LogP) is 5.64. The highest BCUT2D eigenvalue weighted by Crippen LogP contribution is 2.37. The number of benzene rings is 2. The number of nitrogens with one attached hydrogen (secondary N) is 1. The molecule has 4 aromatic rings. The number of nitrogens with zero attached hydrogens (tertiary/aromatic N) is 5. The molecule has 1 amide bonds. The van der Waals surface area contributed by atoms with Crippen LogP contribution in [0.15, 0.2) is 72.1 Å². The number of carbonyl (C=O) groups is 1. The van der Waals surface area contributed by atoms with Crippen molar-refractivity contribution < 1.29 is 31.1 Å². The first-order valence-corrected chi connectivity index (χ1v) is 11.0. The molecule has 0 aliphatic heterocycles. The summed E-state index contributed by atoms with van der Waals surface area (Å²) < 4.78 is 80.5. The second-order valence-corrected chi connectivity index (χ2v) is 8.14. The summed E-state index contributed by atoms with van der Waals surface area (Å²) in [6.45, 7) is 0. The Hall–Kier alpha value is -3.94. The Balaban J connectivity index is 1.70. The van der Waals surface area contributed by atoms with Crippen LogP contribution in [0, 0.1) is 0 Å². The molecule has 0 radical (unpaired) electrons. The van der Waals surface area contributed by atoms with E-state index >= 15 is 0 Å². The van der Waals surface area contributed by atoms with Crippen LogP contribution >= 0.6 is 11.8 Å². The molecule has 0 aliphatic rings. The average Bonchev–Trinajstić information content (AvgIpc) is 3.27. The minimum absolute atomic E-state index is 0.0245. The van der Waals surface area contributed by atoms with Crippen molar-refractivity contribution in [1.82, 2.24) is 25.0 Å². The molecular formula is C22H14F6N6OS. The summed E-state index contributed by atoms with van der Waals surface area (Å²) >= 11 is 1.14. The second-order valence-electron chi connectivity index (χ2n) is 7.20. The third-order valence-corrected chi connectivity index (χ3v) is 5.59. The summed E-state index contributed by atoms with van der Waals surface area (Å²) in [5.74, 6) is -0.959.